The molecular formula is C13H14ClN3O. The number of H-pyrrole nitrogens is 1. The van der Waals surface area contributed by atoms with Gasteiger partial charge < -0.3 is 9.88 Å². The van der Waals surface area contributed by atoms with Gasteiger partial charge in [0.05, 0.1) is 5.38 Å². The molecule has 1 amide bonds. The third kappa shape index (κ3) is 2.20. The zero-order valence-electron chi connectivity index (χ0n) is 9.90. The number of alkyl halides is 1. The number of aromatic amines is 1. The summed E-state index contributed by atoms with van der Waals surface area (Å²) in [6, 6.07) is 4.11. The van der Waals surface area contributed by atoms with Crippen LogP contribution in [0.3, 0.4) is 0 Å². The minimum Gasteiger partial charge on any atom is -0.346 e. The van der Waals surface area contributed by atoms with Crippen LogP contribution in [0.1, 0.15) is 12.0 Å². The molecule has 4 nitrogen and oxygen atoms in total. The summed E-state index contributed by atoms with van der Waals surface area (Å²) in [5, 5.41) is 1.08. The maximum absolute atomic E-state index is 11.6. The molecule has 5 heteroatoms. The van der Waals surface area contributed by atoms with Crippen molar-refractivity contribution in [2.75, 3.05) is 13.1 Å². The highest BCUT2D eigenvalue weighted by Gasteiger charge is 2.27. The van der Waals surface area contributed by atoms with E-state index in [2.05, 4.69) is 16.0 Å². The largest absolute Gasteiger partial charge is 0.346 e. The van der Waals surface area contributed by atoms with E-state index in [9.17, 15) is 4.79 Å². The van der Waals surface area contributed by atoms with Crippen molar-refractivity contribution in [3.05, 3.63) is 30.1 Å². The van der Waals surface area contributed by atoms with Crippen LogP contribution in [0.25, 0.3) is 11.0 Å². The highest BCUT2D eigenvalue weighted by molar-refractivity contribution is 6.22. The van der Waals surface area contributed by atoms with Crippen LogP contribution in [0.4, 0.5) is 0 Å². The van der Waals surface area contributed by atoms with Gasteiger partial charge in [-0.3, -0.25) is 4.79 Å². The zero-order valence-corrected chi connectivity index (χ0v) is 10.7. The van der Waals surface area contributed by atoms with Gasteiger partial charge in [0, 0.05) is 37.3 Å². The summed E-state index contributed by atoms with van der Waals surface area (Å²) in [5.41, 5.74) is 2.05. The molecule has 1 aliphatic rings. The van der Waals surface area contributed by atoms with Crippen molar-refractivity contribution in [1.82, 2.24) is 14.9 Å². The van der Waals surface area contributed by atoms with Crippen molar-refractivity contribution in [2.24, 2.45) is 0 Å². The number of rotatable bonds is 3. The second-order valence-corrected chi connectivity index (χ2v) is 5.27. The molecule has 0 aromatic carbocycles. The molecule has 1 unspecified atom stereocenters. The predicted octanol–water partition coefficient (Wildman–Crippen LogP) is 1.95. The average molecular weight is 264 g/mol. The molecule has 1 saturated heterocycles. The quantitative estimate of drug-likeness (QED) is 0.861. The van der Waals surface area contributed by atoms with E-state index in [0.29, 0.717) is 13.0 Å². The van der Waals surface area contributed by atoms with Crippen molar-refractivity contribution in [2.45, 2.75) is 18.2 Å². The summed E-state index contributed by atoms with van der Waals surface area (Å²) in [6.45, 7) is 1.39. The fourth-order valence-electron chi connectivity index (χ4n) is 2.33. The molecule has 2 aromatic rings. The Morgan fingerprint density at radius 3 is 3.22 bits per heavy atom. The Kier molecular flexibility index (Phi) is 2.96. The molecule has 1 aliphatic heterocycles. The van der Waals surface area contributed by atoms with E-state index in [1.807, 2.05) is 23.4 Å². The molecule has 18 heavy (non-hydrogen) atoms. The van der Waals surface area contributed by atoms with E-state index in [1.165, 1.54) is 0 Å². The number of likely N-dealkylation sites (tertiary alicyclic amines) is 1. The lowest BCUT2D eigenvalue weighted by Gasteiger charge is -2.15. The number of hydrogen-bond donors (Lipinski definition) is 1. The van der Waals surface area contributed by atoms with E-state index in [0.717, 1.165) is 29.6 Å². The van der Waals surface area contributed by atoms with Crippen molar-refractivity contribution < 1.29 is 4.79 Å². The predicted molar refractivity (Wildman–Crippen MR) is 70.6 cm³/mol. The lowest BCUT2D eigenvalue weighted by molar-refractivity contribution is -0.127. The number of carbonyl (C=O) groups is 1. The molecular weight excluding hydrogens is 250 g/mol. The molecule has 1 atom stereocenters. The van der Waals surface area contributed by atoms with Crippen molar-refractivity contribution in [1.29, 1.82) is 0 Å². The van der Waals surface area contributed by atoms with Gasteiger partial charge in [0.25, 0.3) is 0 Å². The van der Waals surface area contributed by atoms with Crippen LogP contribution in [-0.2, 0) is 11.2 Å². The lowest BCUT2D eigenvalue weighted by atomic mass is 10.2. The number of carbonyl (C=O) groups excluding carboxylic acids is 1. The van der Waals surface area contributed by atoms with Gasteiger partial charge in [0.1, 0.15) is 5.65 Å². The van der Waals surface area contributed by atoms with Crippen LogP contribution in [-0.4, -0.2) is 39.2 Å². The molecule has 0 spiro atoms. The average Bonchev–Trinajstić information content (AvgIpc) is 2.92. The maximum atomic E-state index is 11.6. The molecule has 3 heterocycles. The smallest absolute Gasteiger partial charge is 0.224 e. The number of nitrogens with one attached hydrogen (secondary N) is 1. The van der Waals surface area contributed by atoms with Gasteiger partial charge in [-0.05, 0) is 24.1 Å². The fourth-order valence-corrected chi connectivity index (χ4v) is 2.62. The molecule has 1 N–H and O–H groups in total. The highest BCUT2D eigenvalue weighted by Crippen LogP contribution is 2.17. The molecule has 0 saturated carbocycles. The first-order valence-corrected chi connectivity index (χ1v) is 6.50. The first-order chi connectivity index (χ1) is 8.72. The lowest BCUT2D eigenvalue weighted by Crippen LogP contribution is -2.27. The topological polar surface area (TPSA) is 49.0 Å². The first-order valence-electron chi connectivity index (χ1n) is 6.06. The zero-order chi connectivity index (χ0) is 12.5. The second kappa shape index (κ2) is 4.61. The molecule has 0 radical (unpaired) electrons. The van der Waals surface area contributed by atoms with Crippen molar-refractivity contribution >= 4 is 28.5 Å². The Balaban J connectivity index is 1.67. The van der Waals surface area contributed by atoms with Gasteiger partial charge >= 0.3 is 0 Å². The van der Waals surface area contributed by atoms with Gasteiger partial charge in [0.2, 0.25) is 5.91 Å². The third-order valence-electron chi connectivity index (χ3n) is 3.29. The van der Waals surface area contributed by atoms with E-state index < -0.39 is 0 Å². The number of hydrogen-bond acceptors (Lipinski definition) is 2. The highest BCUT2D eigenvalue weighted by atomic mass is 35.5. The van der Waals surface area contributed by atoms with Crippen molar-refractivity contribution in [3.63, 3.8) is 0 Å². The Morgan fingerprint density at radius 1 is 1.56 bits per heavy atom. The monoisotopic (exact) mass is 263 g/mol. The van der Waals surface area contributed by atoms with Crippen LogP contribution >= 0.6 is 11.6 Å². The number of pyridine rings is 1. The Labute approximate surface area is 110 Å². The van der Waals surface area contributed by atoms with Gasteiger partial charge in [-0.25, -0.2) is 4.98 Å². The molecule has 3 rings (SSSR count). The van der Waals surface area contributed by atoms with Gasteiger partial charge in [-0.1, -0.05) is 0 Å². The van der Waals surface area contributed by atoms with Crippen LogP contribution in [0, 0.1) is 0 Å². The summed E-state index contributed by atoms with van der Waals surface area (Å²) in [7, 11) is 0. The molecule has 1 fully saturated rings. The number of halogens is 1. The van der Waals surface area contributed by atoms with E-state index >= 15 is 0 Å². The van der Waals surface area contributed by atoms with Crippen LogP contribution in [0.5, 0.6) is 0 Å². The maximum Gasteiger partial charge on any atom is 0.224 e. The van der Waals surface area contributed by atoms with Crippen LogP contribution in [0.2, 0.25) is 0 Å². The minimum atomic E-state index is -0.0252. The molecule has 0 aliphatic carbocycles. The Hall–Kier alpha value is -1.55. The van der Waals surface area contributed by atoms with Crippen LogP contribution < -0.4 is 0 Å². The summed E-state index contributed by atoms with van der Waals surface area (Å²) in [6.07, 6.45) is 5.03. The van der Waals surface area contributed by atoms with Crippen LogP contribution in [0.15, 0.2) is 24.5 Å². The Morgan fingerprint density at radius 2 is 2.44 bits per heavy atom. The normalized spacial score (nSPS) is 19.9. The number of nitrogens with zero attached hydrogens (tertiary/aromatic N) is 2. The standard InChI is InChI=1S/C13H14ClN3O/c14-11-6-12(18)17(8-11)4-2-9-5-10-1-3-15-13(10)16-7-9/h1,3,5,7,11H,2,4,6,8H2,(H,15,16). The second-order valence-electron chi connectivity index (χ2n) is 4.65. The van der Waals surface area contributed by atoms with Gasteiger partial charge in [0.15, 0.2) is 0 Å². The summed E-state index contributed by atoms with van der Waals surface area (Å²) >= 11 is 5.97. The minimum absolute atomic E-state index is 0.0252. The van der Waals surface area contributed by atoms with Gasteiger partial charge in [-0.2, -0.15) is 0 Å². The third-order valence-corrected chi connectivity index (χ3v) is 3.59. The Bertz CT molecular complexity index is 580. The number of aromatic nitrogens is 2. The van der Waals surface area contributed by atoms with Gasteiger partial charge in [-0.15, -0.1) is 11.6 Å². The summed E-state index contributed by atoms with van der Waals surface area (Å²) < 4.78 is 0. The first kappa shape index (κ1) is 11.5. The van der Waals surface area contributed by atoms with E-state index in [4.69, 9.17) is 11.6 Å². The fraction of sp³-hybridized carbons (Fsp3) is 0.385. The van der Waals surface area contributed by atoms with E-state index in [-0.39, 0.29) is 11.3 Å². The summed E-state index contributed by atoms with van der Waals surface area (Å²) in [4.78, 5) is 20.8. The molecule has 0 bridgehead atoms. The number of fused-ring (bicyclic) bond motifs is 1. The summed E-state index contributed by atoms with van der Waals surface area (Å²) in [5.74, 6) is 0.158. The number of amides is 1. The molecule has 94 valence electrons. The van der Waals surface area contributed by atoms with Crippen molar-refractivity contribution in [3.8, 4) is 0 Å². The molecule has 2 aromatic heterocycles. The SMILES string of the molecule is O=C1CC(Cl)CN1CCc1cnc2[nH]ccc2c1. The van der Waals surface area contributed by atoms with E-state index in [1.54, 1.807) is 0 Å².